The Kier molecular flexibility index (Phi) is 3.38. The first kappa shape index (κ1) is 10.6. The maximum absolute atomic E-state index is 5.29. The summed E-state index contributed by atoms with van der Waals surface area (Å²) in [4.78, 5) is 2.47. The number of piperazine rings is 1. The van der Waals surface area contributed by atoms with Crippen LogP contribution < -0.4 is 5.32 Å². The summed E-state index contributed by atoms with van der Waals surface area (Å²) in [5, 5.41) is 7.32. The molecule has 0 radical (unpaired) electrons. The van der Waals surface area contributed by atoms with E-state index in [0.717, 1.165) is 50.6 Å². The number of rotatable bonds is 3. The number of aromatic nitrogens is 1. The van der Waals surface area contributed by atoms with E-state index < -0.39 is 0 Å². The average molecular weight is 209 g/mol. The van der Waals surface area contributed by atoms with Crippen LogP contribution in [0, 0.1) is 13.8 Å². The lowest BCUT2D eigenvalue weighted by atomic mass is 10.2. The molecule has 4 nitrogen and oxygen atoms in total. The third-order valence-corrected chi connectivity index (χ3v) is 3.12. The molecule has 1 aromatic heterocycles. The highest BCUT2D eigenvalue weighted by molar-refractivity contribution is 5.19. The number of hydrogen-bond acceptors (Lipinski definition) is 4. The maximum Gasteiger partial charge on any atom is 0.141 e. The van der Waals surface area contributed by atoms with Gasteiger partial charge in [-0.3, -0.25) is 0 Å². The third-order valence-electron chi connectivity index (χ3n) is 3.12. The van der Waals surface area contributed by atoms with Crippen LogP contribution in [0.2, 0.25) is 0 Å². The highest BCUT2D eigenvalue weighted by Gasteiger charge is 2.12. The molecule has 0 atom stereocenters. The van der Waals surface area contributed by atoms with Crippen molar-refractivity contribution in [3.05, 3.63) is 17.0 Å². The maximum atomic E-state index is 5.29. The second-order valence-corrected chi connectivity index (χ2v) is 4.16. The fourth-order valence-electron chi connectivity index (χ4n) is 1.89. The van der Waals surface area contributed by atoms with Crippen molar-refractivity contribution in [2.24, 2.45) is 0 Å². The van der Waals surface area contributed by atoms with Crippen LogP contribution in [0.4, 0.5) is 0 Å². The molecular weight excluding hydrogens is 190 g/mol. The van der Waals surface area contributed by atoms with Gasteiger partial charge >= 0.3 is 0 Å². The zero-order valence-corrected chi connectivity index (χ0v) is 9.55. The predicted octanol–water partition coefficient (Wildman–Crippen LogP) is 0.739. The molecule has 0 amide bonds. The van der Waals surface area contributed by atoms with Crippen molar-refractivity contribution < 1.29 is 4.52 Å². The van der Waals surface area contributed by atoms with Crippen LogP contribution in [0.25, 0.3) is 0 Å². The lowest BCUT2D eigenvalue weighted by Gasteiger charge is -2.26. The quantitative estimate of drug-likeness (QED) is 0.797. The van der Waals surface area contributed by atoms with Crippen LogP contribution in [0.3, 0.4) is 0 Å². The molecule has 0 spiro atoms. The van der Waals surface area contributed by atoms with E-state index in [1.165, 1.54) is 5.56 Å². The molecule has 1 aliphatic rings. The standard InChI is InChI=1S/C11H19N3O/c1-9-10(2)13-15-11(9)3-6-14-7-4-12-5-8-14/h12H,3-8H2,1-2H3. The molecule has 2 heterocycles. The molecule has 15 heavy (non-hydrogen) atoms. The fourth-order valence-corrected chi connectivity index (χ4v) is 1.89. The minimum atomic E-state index is 0.979. The Morgan fingerprint density at radius 2 is 2.07 bits per heavy atom. The van der Waals surface area contributed by atoms with Gasteiger partial charge in [-0.15, -0.1) is 0 Å². The first-order valence-electron chi connectivity index (χ1n) is 5.62. The van der Waals surface area contributed by atoms with Gasteiger partial charge in [0.25, 0.3) is 0 Å². The molecule has 1 aliphatic heterocycles. The molecule has 1 aromatic rings. The SMILES string of the molecule is Cc1noc(CCN2CCNCC2)c1C. The largest absolute Gasteiger partial charge is 0.361 e. The second kappa shape index (κ2) is 4.77. The van der Waals surface area contributed by atoms with Gasteiger partial charge in [-0.1, -0.05) is 5.16 Å². The van der Waals surface area contributed by atoms with Gasteiger partial charge in [0.1, 0.15) is 5.76 Å². The summed E-state index contributed by atoms with van der Waals surface area (Å²) in [7, 11) is 0. The van der Waals surface area contributed by atoms with Crippen molar-refractivity contribution in [3.63, 3.8) is 0 Å². The van der Waals surface area contributed by atoms with Crippen LogP contribution in [0.5, 0.6) is 0 Å². The zero-order valence-electron chi connectivity index (χ0n) is 9.55. The Labute approximate surface area is 90.6 Å². The van der Waals surface area contributed by atoms with E-state index in [2.05, 4.69) is 22.3 Å². The lowest BCUT2D eigenvalue weighted by Crippen LogP contribution is -2.44. The summed E-state index contributed by atoms with van der Waals surface area (Å²) in [6.07, 6.45) is 0.979. The Balaban J connectivity index is 1.84. The van der Waals surface area contributed by atoms with Gasteiger partial charge in [0.2, 0.25) is 0 Å². The van der Waals surface area contributed by atoms with Gasteiger partial charge in [0.15, 0.2) is 0 Å². The van der Waals surface area contributed by atoms with E-state index in [-0.39, 0.29) is 0 Å². The second-order valence-electron chi connectivity index (χ2n) is 4.16. The lowest BCUT2D eigenvalue weighted by molar-refractivity contribution is 0.235. The summed E-state index contributed by atoms with van der Waals surface area (Å²) in [6.45, 7) is 9.66. The zero-order chi connectivity index (χ0) is 10.7. The minimum Gasteiger partial charge on any atom is -0.361 e. The van der Waals surface area contributed by atoms with Crippen LogP contribution in [-0.2, 0) is 6.42 Å². The van der Waals surface area contributed by atoms with Gasteiger partial charge in [0, 0.05) is 44.7 Å². The summed E-state index contributed by atoms with van der Waals surface area (Å²) in [5.74, 6) is 1.05. The third kappa shape index (κ3) is 2.58. The van der Waals surface area contributed by atoms with Gasteiger partial charge in [-0.05, 0) is 13.8 Å². The van der Waals surface area contributed by atoms with Crippen molar-refractivity contribution in [3.8, 4) is 0 Å². The van der Waals surface area contributed by atoms with E-state index in [4.69, 9.17) is 4.52 Å². The number of nitrogens with zero attached hydrogens (tertiary/aromatic N) is 2. The smallest absolute Gasteiger partial charge is 0.141 e. The first-order valence-corrected chi connectivity index (χ1v) is 5.62. The van der Waals surface area contributed by atoms with Gasteiger partial charge < -0.3 is 14.7 Å². The summed E-state index contributed by atoms with van der Waals surface area (Å²) < 4.78 is 5.29. The molecule has 1 saturated heterocycles. The van der Waals surface area contributed by atoms with Crippen LogP contribution in [0.1, 0.15) is 17.0 Å². The number of aryl methyl sites for hydroxylation is 1. The van der Waals surface area contributed by atoms with E-state index in [1.807, 2.05) is 6.92 Å². The summed E-state index contributed by atoms with van der Waals surface area (Å²) in [5.41, 5.74) is 2.23. The molecule has 4 heteroatoms. The molecule has 0 unspecified atom stereocenters. The Morgan fingerprint density at radius 3 is 2.67 bits per heavy atom. The predicted molar refractivity (Wildman–Crippen MR) is 59.0 cm³/mol. The molecular formula is C11H19N3O. The van der Waals surface area contributed by atoms with E-state index in [9.17, 15) is 0 Å². The highest BCUT2D eigenvalue weighted by Crippen LogP contribution is 2.12. The molecule has 2 rings (SSSR count). The first-order chi connectivity index (χ1) is 7.27. The molecule has 0 bridgehead atoms. The van der Waals surface area contributed by atoms with E-state index in [0.29, 0.717) is 0 Å². The van der Waals surface area contributed by atoms with Crippen LogP contribution in [-0.4, -0.2) is 42.8 Å². The number of hydrogen-bond donors (Lipinski definition) is 1. The minimum absolute atomic E-state index is 0.979. The number of nitrogens with one attached hydrogen (secondary N) is 1. The fraction of sp³-hybridized carbons (Fsp3) is 0.727. The van der Waals surface area contributed by atoms with Crippen molar-refractivity contribution >= 4 is 0 Å². The van der Waals surface area contributed by atoms with Crippen LogP contribution in [0.15, 0.2) is 4.52 Å². The van der Waals surface area contributed by atoms with Crippen molar-refractivity contribution in [2.45, 2.75) is 20.3 Å². The monoisotopic (exact) mass is 209 g/mol. The molecule has 0 aliphatic carbocycles. The van der Waals surface area contributed by atoms with Crippen molar-refractivity contribution in [2.75, 3.05) is 32.7 Å². The van der Waals surface area contributed by atoms with Crippen molar-refractivity contribution in [1.29, 1.82) is 0 Å². The Hall–Kier alpha value is -0.870. The molecule has 1 N–H and O–H groups in total. The molecule has 1 fully saturated rings. The Bertz CT molecular complexity index is 316. The average Bonchev–Trinajstić information content (AvgIpc) is 2.59. The Morgan fingerprint density at radius 1 is 1.33 bits per heavy atom. The van der Waals surface area contributed by atoms with Gasteiger partial charge in [0.05, 0.1) is 5.69 Å². The molecule has 0 aromatic carbocycles. The van der Waals surface area contributed by atoms with E-state index >= 15 is 0 Å². The van der Waals surface area contributed by atoms with Gasteiger partial charge in [-0.2, -0.15) is 0 Å². The normalized spacial score (nSPS) is 18.3. The van der Waals surface area contributed by atoms with E-state index in [1.54, 1.807) is 0 Å². The molecule has 84 valence electrons. The molecule has 0 saturated carbocycles. The summed E-state index contributed by atoms with van der Waals surface area (Å²) in [6, 6.07) is 0. The van der Waals surface area contributed by atoms with Crippen molar-refractivity contribution in [1.82, 2.24) is 15.4 Å². The van der Waals surface area contributed by atoms with Gasteiger partial charge in [-0.25, -0.2) is 0 Å². The highest BCUT2D eigenvalue weighted by atomic mass is 16.5. The summed E-state index contributed by atoms with van der Waals surface area (Å²) >= 11 is 0. The topological polar surface area (TPSA) is 41.3 Å². The van der Waals surface area contributed by atoms with Crippen LogP contribution >= 0.6 is 0 Å².